The van der Waals surface area contributed by atoms with Crippen molar-refractivity contribution >= 4 is 28.3 Å². The molecule has 5 heteroatoms. The zero-order valence-electron chi connectivity index (χ0n) is 12.0. The van der Waals surface area contributed by atoms with E-state index in [4.69, 9.17) is 11.6 Å². The molecule has 1 aromatic rings. The summed E-state index contributed by atoms with van der Waals surface area (Å²) in [5.74, 6) is 0.361. The average molecular weight is 314 g/mol. The Morgan fingerprint density at radius 2 is 2.00 bits per heavy atom. The van der Waals surface area contributed by atoms with Gasteiger partial charge in [-0.05, 0) is 31.5 Å². The fourth-order valence-corrected chi connectivity index (χ4v) is 2.81. The Morgan fingerprint density at radius 3 is 2.55 bits per heavy atom. The molecule has 0 aliphatic carbocycles. The van der Waals surface area contributed by atoms with Crippen molar-refractivity contribution in [2.75, 3.05) is 18.6 Å². The lowest BCUT2D eigenvalue weighted by molar-refractivity contribution is -0.129. The molecule has 1 amide bonds. The van der Waals surface area contributed by atoms with Crippen LogP contribution in [0.25, 0.3) is 0 Å². The molecule has 0 saturated heterocycles. The van der Waals surface area contributed by atoms with Crippen molar-refractivity contribution in [2.45, 2.75) is 19.9 Å². The summed E-state index contributed by atoms with van der Waals surface area (Å²) in [5, 5.41) is 0.669. The van der Waals surface area contributed by atoms with E-state index in [1.54, 1.807) is 24.1 Å². The summed E-state index contributed by atoms with van der Waals surface area (Å²) in [6, 6.07) is 7.32. The SMILES string of the molecule is CC=CCS(=O)CC(=O)N(C)C(C)c1ccc(Cl)cc1. The maximum atomic E-state index is 12.1. The van der Waals surface area contributed by atoms with Crippen LogP contribution >= 0.6 is 11.6 Å². The zero-order valence-corrected chi connectivity index (χ0v) is 13.6. The molecule has 2 unspecified atom stereocenters. The Morgan fingerprint density at radius 1 is 1.40 bits per heavy atom. The number of carbonyl (C=O) groups excluding carboxylic acids is 1. The smallest absolute Gasteiger partial charge is 0.235 e. The molecule has 0 aliphatic rings. The van der Waals surface area contributed by atoms with Gasteiger partial charge in [0.25, 0.3) is 0 Å². The van der Waals surface area contributed by atoms with Crippen molar-refractivity contribution < 1.29 is 9.00 Å². The molecule has 0 heterocycles. The number of benzene rings is 1. The number of halogens is 1. The second-order valence-corrected chi connectivity index (χ2v) is 6.49. The Hall–Kier alpha value is -1.13. The molecule has 1 aromatic carbocycles. The Bertz CT molecular complexity index is 499. The van der Waals surface area contributed by atoms with Gasteiger partial charge in [0, 0.05) is 28.6 Å². The minimum atomic E-state index is -1.15. The first kappa shape index (κ1) is 16.9. The third kappa shape index (κ3) is 5.10. The van der Waals surface area contributed by atoms with Crippen LogP contribution in [-0.4, -0.2) is 33.6 Å². The van der Waals surface area contributed by atoms with Gasteiger partial charge in [0.15, 0.2) is 0 Å². The van der Waals surface area contributed by atoms with Crippen molar-refractivity contribution in [1.82, 2.24) is 4.90 Å². The molecule has 0 saturated carbocycles. The molecule has 0 N–H and O–H groups in total. The highest BCUT2D eigenvalue weighted by molar-refractivity contribution is 7.85. The zero-order chi connectivity index (χ0) is 15.1. The second-order valence-electron chi connectivity index (χ2n) is 4.55. The molecule has 0 fully saturated rings. The van der Waals surface area contributed by atoms with Crippen LogP contribution in [0.1, 0.15) is 25.5 Å². The van der Waals surface area contributed by atoms with Gasteiger partial charge in [-0.2, -0.15) is 0 Å². The van der Waals surface area contributed by atoms with Crippen LogP contribution in [0.4, 0.5) is 0 Å². The fraction of sp³-hybridized carbons (Fsp3) is 0.400. The number of amides is 1. The third-order valence-electron chi connectivity index (χ3n) is 3.13. The molecule has 20 heavy (non-hydrogen) atoms. The van der Waals surface area contributed by atoms with Crippen LogP contribution < -0.4 is 0 Å². The Balaban J connectivity index is 2.64. The highest BCUT2D eigenvalue weighted by Gasteiger charge is 2.18. The van der Waals surface area contributed by atoms with Gasteiger partial charge in [-0.3, -0.25) is 9.00 Å². The molecule has 2 atom stereocenters. The highest BCUT2D eigenvalue weighted by atomic mass is 35.5. The van der Waals surface area contributed by atoms with Crippen LogP contribution in [0, 0.1) is 0 Å². The van der Waals surface area contributed by atoms with Crippen molar-refractivity contribution in [2.24, 2.45) is 0 Å². The number of carbonyl (C=O) groups is 1. The molecular weight excluding hydrogens is 294 g/mol. The number of nitrogens with zero attached hydrogens (tertiary/aromatic N) is 1. The first-order chi connectivity index (χ1) is 9.45. The molecule has 0 spiro atoms. The van der Waals surface area contributed by atoms with E-state index >= 15 is 0 Å². The monoisotopic (exact) mass is 313 g/mol. The third-order valence-corrected chi connectivity index (χ3v) is 4.51. The van der Waals surface area contributed by atoms with Gasteiger partial charge in [0.2, 0.25) is 5.91 Å². The van der Waals surface area contributed by atoms with Crippen molar-refractivity contribution in [1.29, 1.82) is 0 Å². The van der Waals surface area contributed by atoms with Crippen LogP contribution in [0.15, 0.2) is 36.4 Å². The average Bonchev–Trinajstić information content (AvgIpc) is 2.44. The molecule has 3 nitrogen and oxygen atoms in total. The topological polar surface area (TPSA) is 37.4 Å². The molecular formula is C15H20ClNO2S. The summed E-state index contributed by atoms with van der Waals surface area (Å²) in [4.78, 5) is 13.7. The van der Waals surface area contributed by atoms with Gasteiger partial charge < -0.3 is 4.90 Å². The molecule has 0 bridgehead atoms. The summed E-state index contributed by atoms with van der Waals surface area (Å²) in [6.07, 6.45) is 3.65. The first-order valence-electron chi connectivity index (χ1n) is 6.43. The lowest BCUT2D eigenvalue weighted by atomic mass is 10.1. The predicted molar refractivity (Wildman–Crippen MR) is 85.3 cm³/mol. The lowest BCUT2D eigenvalue weighted by Crippen LogP contribution is -2.33. The Labute approximate surface area is 128 Å². The van der Waals surface area contributed by atoms with Crippen LogP contribution in [0.2, 0.25) is 5.02 Å². The number of hydrogen-bond donors (Lipinski definition) is 0. The summed E-state index contributed by atoms with van der Waals surface area (Å²) in [6.45, 7) is 3.81. The number of allylic oxidation sites excluding steroid dienone is 1. The maximum Gasteiger partial charge on any atom is 0.235 e. The van der Waals surface area contributed by atoms with Gasteiger partial charge in [-0.25, -0.2) is 0 Å². The van der Waals surface area contributed by atoms with E-state index in [-0.39, 0.29) is 17.7 Å². The molecule has 0 radical (unpaired) electrons. The quantitative estimate of drug-likeness (QED) is 0.756. The van der Waals surface area contributed by atoms with Gasteiger partial charge in [0.05, 0.1) is 6.04 Å². The van der Waals surface area contributed by atoms with Gasteiger partial charge >= 0.3 is 0 Å². The fourth-order valence-electron chi connectivity index (χ4n) is 1.68. The number of rotatable bonds is 6. The van der Waals surface area contributed by atoms with E-state index < -0.39 is 10.8 Å². The van der Waals surface area contributed by atoms with E-state index in [1.165, 1.54) is 0 Å². The lowest BCUT2D eigenvalue weighted by Gasteiger charge is -2.25. The van der Waals surface area contributed by atoms with Crippen LogP contribution in [0.5, 0.6) is 0 Å². The second kappa shape index (κ2) is 8.22. The van der Waals surface area contributed by atoms with E-state index in [2.05, 4.69) is 0 Å². The largest absolute Gasteiger partial charge is 0.338 e. The molecule has 0 aliphatic heterocycles. The standard InChI is InChI=1S/C15H20ClNO2S/c1-4-5-10-20(19)11-15(18)17(3)12(2)13-6-8-14(16)9-7-13/h4-9,12H,10-11H2,1-3H3. The summed E-state index contributed by atoms with van der Waals surface area (Å²) in [5.41, 5.74) is 1.00. The summed E-state index contributed by atoms with van der Waals surface area (Å²) >= 11 is 5.85. The van der Waals surface area contributed by atoms with E-state index in [0.29, 0.717) is 10.8 Å². The summed E-state index contributed by atoms with van der Waals surface area (Å²) in [7, 11) is 0.584. The first-order valence-corrected chi connectivity index (χ1v) is 8.29. The van der Waals surface area contributed by atoms with E-state index in [1.807, 2.05) is 38.1 Å². The molecule has 110 valence electrons. The number of hydrogen-bond acceptors (Lipinski definition) is 2. The van der Waals surface area contributed by atoms with Gasteiger partial charge in [-0.1, -0.05) is 35.9 Å². The van der Waals surface area contributed by atoms with Gasteiger partial charge in [0.1, 0.15) is 5.75 Å². The molecule has 0 aromatic heterocycles. The minimum Gasteiger partial charge on any atom is -0.338 e. The van der Waals surface area contributed by atoms with Crippen LogP contribution in [-0.2, 0) is 15.6 Å². The Kier molecular flexibility index (Phi) is 6.96. The van der Waals surface area contributed by atoms with Gasteiger partial charge in [-0.15, -0.1) is 0 Å². The highest BCUT2D eigenvalue weighted by Crippen LogP contribution is 2.20. The normalized spacial score (nSPS) is 14.2. The summed E-state index contributed by atoms with van der Waals surface area (Å²) < 4.78 is 11.7. The predicted octanol–water partition coefficient (Wildman–Crippen LogP) is 3.18. The van der Waals surface area contributed by atoms with Crippen molar-refractivity contribution in [3.05, 3.63) is 47.0 Å². The van der Waals surface area contributed by atoms with E-state index in [0.717, 1.165) is 5.56 Å². The molecule has 1 rings (SSSR count). The van der Waals surface area contributed by atoms with Crippen molar-refractivity contribution in [3.8, 4) is 0 Å². The van der Waals surface area contributed by atoms with Crippen molar-refractivity contribution in [3.63, 3.8) is 0 Å². The minimum absolute atomic E-state index is 0.0543. The van der Waals surface area contributed by atoms with E-state index in [9.17, 15) is 9.00 Å². The maximum absolute atomic E-state index is 12.1. The van der Waals surface area contributed by atoms with Crippen LogP contribution in [0.3, 0.4) is 0 Å².